The summed E-state index contributed by atoms with van der Waals surface area (Å²) in [5.41, 5.74) is 5.18. The maximum Gasteiger partial charge on any atom is 0.418 e. The van der Waals surface area contributed by atoms with E-state index in [-0.39, 0.29) is 5.52 Å². The quantitative estimate of drug-likeness (QED) is 0.748. The van der Waals surface area contributed by atoms with E-state index in [2.05, 4.69) is 4.98 Å². The largest absolute Gasteiger partial charge is 0.418 e. The summed E-state index contributed by atoms with van der Waals surface area (Å²) in [5.74, 6) is 0. The highest BCUT2D eigenvalue weighted by atomic mass is 127. The van der Waals surface area contributed by atoms with Crippen LogP contribution in [0.5, 0.6) is 0 Å². The topological polar surface area (TPSA) is 38.9 Å². The fourth-order valence-corrected chi connectivity index (χ4v) is 2.01. The number of para-hydroxylation sites is 1. The van der Waals surface area contributed by atoms with Gasteiger partial charge < -0.3 is 5.73 Å². The van der Waals surface area contributed by atoms with Crippen LogP contribution in [0, 0.1) is 3.57 Å². The van der Waals surface area contributed by atoms with Gasteiger partial charge in [0.05, 0.1) is 23.0 Å². The van der Waals surface area contributed by atoms with Crippen LogP contribution < -0.4 is 5.73 Å². The summed E-state index contributed by atoms with van der Waals surface area (Å²) in [5, 5.41) is 0.426. The molecule has 6 heteroatoms. The maximum atomic E-state index is 12.7. The molecule has 0 aliphatic rings. The molecular formula is C10H6F3IN2. The molecule has 2 aromatic rings. The van der Waals surface area contributed by atoms with E-state index >= 15 is 0 Å². The minimum absolute atomic E-state index is 0.0615. The smallest absolute Gasteiger partial charge is 0.397 e. The van der Waals surface area contributed by atoms with Gasteiger partial charge in [-0.25, -0.2) is 0 Å². The number of halogens is 4. The highest BCUT2D eigenvalue weighted by molar-refractivity contribution is 14.1. The van der Waals surface area contributed by atoms with E-state index in [9.17, 15) is 13.2 Å². The number of rotatable bonds is 0. The summed E-state index contributed by atoms with van der Waals surface area (Å²) in [7, 11) is 0. The number of nitrogens with zero attached hydrogens (tertiary/aromatic N) is 1. The van der Waals surface area contributed by atoms with Crippen molar-refractivity contribution in [1.29, 1.82) is 0 Å². The molecule has 0 atom stereocenters. The maximum absolute atomic E-state index is 12.7. The molecule has 1 aromatic carbocycles. The van der Waals surface area contributed by atoms with E-state index in [0.717, 1.165) is 6.07 Å². The Labute approximate surface area is 103 Å². The standard InChI is InChI=1S/C10H6F3IN2/c11-10(12,13)6-3-1-2-5-8(14)7(15)4-16-9(5)6/h1-4H,15H2. The molecule has 2 nitrogen and oxygen atoms in total. The van der Waals surface area contributed by atoms with Crippen molar-refractivity contribution in [2.24, 2.45) is 0 Å². The van der Waals surface area contributed by atoms with Gasteiger partial charge in [0.15, 0.2) is 0 Å². The summed E-state index contributed by atoms with van der Waals surface area (Å²) in [6, 6.07) is 3.95. The molecule has 0 fully saturated rings. The van der Waals surface area contributed by atoms with Crippen LogP contribution in [0.3, 0.4) is 0 Å². The van der Waals surface area contributed by atoms with Crippen LogP contribution in [0.1, 0.15) is 5.56 Å². The van der Waals surface area contributed by atoms with E-state index < -0.39 is 11.7 Å². The van der Waals surface area contributed by atoms with Crippen LogP contribution >= 0.6 is 22.6 Å². The Kier molecular flexibility index (Phi) is 2.69. The van der Waals surface area contributed by atoms with Gasteiger partial charge in [0.2, 0.25) is 0 Å². The highest BCUT2D eigenvalue weighted by Crippen LogP contribution is 2.35. The van der Waals surface area contributed by atoms with Crippen LogP contribution in [-0.2, 0) is 6.18 Å². The number of hydrogen-bond acceptors (Lipinski definition) is 2. The first kappa shape index (κ1) is 11.4. The number of hydrogen-bond donors (Lipinski definition) is 1. The van der Waals surface area contributed by atoms with E-state index in [1.54, 1.807) is 6.07 Å². The lowest BCUT2D eigenvalue weighted by Gasteiger charge is -2.10. The number of benzene rings is 1. The molecule has 0 unspecified atom stereocenters. The summed E-state index contributed by atoms with van der Waals surface area (Å²) < 4.78 is 38.6. The van der Waals surface area contributed by atoms with Crippen molar-refractivity contribution in [3.05, 3.63) is 33.5 Å². The minimum Gasteiger partial charge on any atom is -0.397 e. The first-order chi connectivity index (χ1) is 7.41. The zero-order valence-electron chi connectivity index (χ0n) is 7.85. The Bertz CT molecular complexity index is 551. The van der Waals surface area contributed by atoms with Crippen molar-refractivity contribution in [3.8, 4) is 0 Å². The summed E-state index contributed by atoms with van der Waals surface area (Å²) in [4.78, 5) is 3.76. The number of anilines is 1. The SMILES string of the molecule is Nc1cnc2c(C(F)(F)F)cccc2c1I. The third-order valence-corrected chi connectivity index (χ3v) is 3.37. The van der Waals surface area contributed by atoms with Crippen molar-refractivity contribution in [1.82, 2.24) is 4.98 Å². The van der Waals surface area contributed by atoms with Gasteiger partial charge in [0.25, 0.3) is 0 Å². The summed E-state index contributed by atoms with van der Waals surface area (Å²) >= 11 is 1.92. The van der Waals surface area contributed by atoms with Crippen molar-refractivity contribution in [3.63, 3.8) is 0 Å². The monoisotopic (exact) mass is 338 g/mol. The third kappa shape index (κ3) is 1.81. The molecule has 0 aliphatic carbocycles. The molecule has 2 N–H and O–H groups in total. The molecule has 0 aliphatic heterocycles. The third-order valence-electron chi connectivity index (χ3n) is 2.16. The number of nitrogens with two attached hydrogens (primary N) is 1. The van der Waals surface area contributed by atoms with Crippen molar-refractivity contribution < 1.29 is 13.2 Å². The van der Waals surface area contributed by atoms with E-state index in [1.807, 2.05) is 22.6 Å². The number of alkyl halides is 3. The van der Waals surface area contributed by atoms with Gasteiger partial charge >= 0.3 is 6.18 Å². The van der Waals surface area contributed by atoms with Gasteiger partial charge in [0, 0.05) is 8.96 Å². The van der Waals surface area contributed by atoms with Crippen LogP contribution in [0.15, 0.2) is 24.4 Å². The summed E-state index contributed by atoms with van der Waals surface area (Å²) in [6.07, 6.45) is -3.15. The minimum atomic E-state index is -4.40. The molecule has 0 saturated carbocycles. The van der Waals surface area contributed by atoms with Crippen molar-refractivity contribution in [2.45, 2.75) is 6.18 Å². The molecule has 2 rings (SSSR count). The molecule has 0 saturated heterocycles. The molecule has 16 heavy (non-hydrogen) atoms. The Morgan fingerprint density at radius 2 is 1.94 bits per heavy atom. The lowest BCUT2D eigenvalue weighted by atomic mass is 10.1. The second-order valence-electron chi connectivity index (χ2n) is 3.23. The number of nitrogen functional groups attached to an aromatic ring is 1. The van der Waals surface area contributed by atoms with Crippen LogP contribution in [0.25, 0.3) is 10.9 Å². The van der Waals surface area contributed by atoms with E-state index in [4.69, 9.17) is 5.73 Å². The molecule has 1 aromatic heterocycles. The molecular weight excluding hydrogens is 332 g/mol. The van der Waals surface area contributed by atoms with Gasteiger partial charge in [0.1, 0.15) is 0 Å². The lowest BCUT2D eigenvalue weighted by Crippen LogP contribution is -2.07. The number of pyridine rings is 1. The Morgan fingerprint density at radius 3 is 2.56 bits per heavy atom. The molecule has 0 radical (unpaired) electrons. The Morgan fingerprint density at radius 1 is 1.25 bits per heavy atom. The first-order valence-electron chi connectivity index (χ1n) is 4.31. The van der Waals surface area contributed by atoms with Crippen LogP contribution in [0.2, 0.25) is 0 Å². The van der Waals surface area contributed by atoms with Crippen molar-refractivity contribution >= 4 is 39.2 Å². The lowest BCUT2D eigenvalue weighted by molar-refractivity contribution is -0.136. The first-order valence-corrected chi connectivity index (χ1v) is 5.39. The van der Waals surface area contributed by atoms with Crippen molar-refractivity contribution in [2.75, 3.05) is 5.73 Å². The van der Waals surface area contributed by atoms with Crippen LogP contribution in [-0.4, -0.2) is 4.98 Å². The normalized spacial score (nSPS) is 12.0. The zero-order valence-corrected chi connectivity index (χ0v) is 10.0. The summed E-state index contributed by atoms with van der Waals surface area (Å²) in [6.45, 7) is 0. The Hall–Kier alpha value is -1.05. The second kappa shape index (κ2) is 3.76. The number of fused-ring (bicyclic) bond motifs is 1. The Balaban J connectivity index is 2.85. The van der Waals surface area contributed by atoms with Gasteiger partial charge in [-0.2, -0.15) is 13.2 Å². The average Bonchev–Trinajstić information content (AvgIpc) is 2.21. The fraction of sp³-hybridized carbons (Fsp3) is 0.100. The van der Waals surface area contributed by atoms with Gasteiger partial charge in [-0.05, 0) is 28.7 Å². The fourth-order valence-electron chi connectivity index (χ4n) is 1.43. The second-order valence-corrected chi connectivity index (χ2v) is 4.31. The van der Waals surface area contributed by atoms with E-state index in [0.29, 0.717) is 14.6 Å². The molecule has 0 amide bonds. The molecule has 1 heterocycles. The van der Waals surface area contributed by atoms with E-state index in [1.165, 1.54) is 12.3 Å². The molecule has 84 valence electrons. The van der Waals surface area contributed by atoms with Gasteiger partial charge in [-0.3, -0.25) is 4.98 Å². The van der Waals surface area contributed by atoms with Gasteiger partial charge in [-0.15, -0.1) is 0 Å². The molecule has 0 bridgehead atoms. The highest BCUT2D eigenvalue weighted by Gasteiger charge is 2.33. The average molecular weight is 338 g/mol. The zero-order chi connectivity index (χ0) is 11.9. The number of aromatic nitrogens is 1. The predicted octanol–water partition coefficient (Wildman–Crippen LogP) is 3.44. The van der Waals surface area contributed by atoms with Gasteiger partial charge in [-0.1, -0.05) is 12.1 Å². The molecule has 0 spiro atoms. The predicted molar refractivity (Wildman–Crippen MR) is 63.9 cm³/mol. The van der Waals surface area contributed by atoms with Crippen LogP contribution in [0.4, 0.5) is 18.9 Å².